The lowest BCUT2D eigenvalue weighted by atomic mass is 9.98. The van der Waals surface area contributed by atoms with Crippen LogP contribution in [-0.2, 0) is 9.53 Å². The Balaban J connectivity index is 2.20. The number of nitriles is 1. The number of aryl methyl sites for hydroxylation is 1. The third kappa shape index (κ3) is 3.02. The first-order valence-corrected chi connectivity index (χ1v) is 6.35. The Morgan fingerprint density at radius 2 is 2.37 bits per heavy atom. The average Bonchev–Trinajstić information content (AvgIpc) is 2.45. The van der Waals surface area contributed by atoms with Crippen LogP contribution in [0.4, 0.5) is 5.82 Å². The summed E-state index contributed by atoms with van der Waals surface area (Å²) in [5, 5.41) is 8.99. The minimum absolute atomic E-state index is 0.105. The minimum atomic E-state index is -0.169. The molecule has 1 saturated heterocycles. The largest absolute Gasteiger partial charge is 0.469 e. The molecule has 0 saturated carbocycles. The Kier molecular flexibility index (Phi) is 4.00. The molecule has 0 radical (unpaired) electrons. The molecule has 5 heteroatoms. The molecule has 1 aromatic heterocycles. The second kappa shape index (κ2) is 5.70. The number of hydrogen-bond donors (Lipinski definition) is 0. The van der Waals surface area contributed by atoms with E-state index in [1.54, 1.807) is 12.1 Å². The number of carbonyl (C=O) groups excluding carboxylic acids is 1. The van der Waals surface area contributed by atoms with Gasteiger partial charge in [-0.1, -0.05) is 0 Å². The predicted molar refractivity (Wildman–Crippen MR) is 70.6 cm³/mol. The third-order valence-corrected chi connectivity index (χ3v) is 3.35. The van der Waals surface area contributed by atoms with E-state index in [-0.39, 0.29) is 11.9 Å². The van der Waals surface area contributed by atoms with E-state index in [2.05, 4.69) is 16.0 Å². The van der Waals surface area contributed by atoms with Crippen molar-refractivity contribution in [2.24, 2.45) is 5.92 Å². The molecule has 1 aliphatic heterocycles. The van der Waals surface area contributed by atoms with Crippen molar-refractivity contribution in [3.05, 3.63) is 23.4 Å². The third-order valence-electron chi connectivity index (χ3n) is 3.35. The van der Waals surface area contributed by atoms with Crippen LogP contribution in [0.5, 0.6) is 0 Å². The molecule has 0 aliphatic carbocycles. The number of rotatable bonds is 2. The quantitative estimate of drug-likeness (QED) is 0.755. The van der Waals surface area contributed by atoms with Gasteiger partial charge in [0.2, 0.25) is 0 Å². The zero-order valence-corrected chi connectivity index (χ0v) is 11.2. The van der Waals surface area contributed by atoms with Crippen LogP contribution in [-0.4, -0.2) is 31.2 Å². The van der Waals surface area contributed by atoms with Gasteiger partial charge in [-0.25, -0.2) is 4.98 Å². The molecule has 1 atom stereocenters. The van der Waals surface area contributed by atoms with Crippen LogP contribution in [0.3, 0.4) is 0 Å². The molecule has 1 unspecified atom stereocenters. The number of ether oxygens (including phenoxy) is 1. The second-order valence-electron chi connectivity index (χ2n) is 4.78. The molecular formula is C14H17N3O2. The lowest BCUT2D eigenvalue weighted by Gasteiger charge is -2.32. The van der Waals surface area contributed by atoms with E-state index in [0.717, 1.165) is 30.9 Å². The first kappa shape index (κ1) is 13.3. The van der Waals surface area contributed by atoms with Gasteiger partial charge in [0.05, 0.1) is 24.7 Å². The summed E-state index contributed by atoms with van der Waals surface area (Å²) >= 11 is 0. The van der Waals surface area contributed by atoms with Gasteiger partial charge in [0.25, 0.3) is 0 Å². The Labute approximate surface area is 112 Å². The van der Waals surface area contributed by atoms with Gasteiger partial charge in [-0.2, -0.15) is 5.26 Å². The second-order valence-corrected chi connectivity index (χ2v) is 4.78. The monoisotopic (exact) mass is 259 g/mol. The maximum Gasteiger partial charge on any atom is 0.310 e. The molecule has 0 amide bonds. The van der Waals surface area contributed by atoms with Crippen molar-refractivity contribution in [1.29, 1.82) is 5.26 Å². The minimum Gasteiger partial charge on any atom is -0.469 e. The summed E-state index contributed by atoms with van der Waals surface area (Å²) in [5.74, 6) is 0.495. The van der Waals surface area contributed by atoms with Gasteiger partial charge in [-0.15, -0.1) is 0 Å². The molecule has 0 bridgehead atoms. The van der Waals surface area contributed by atoms with E-state index in [1.165, 1.54) is 7.11 Å². The first-order valence-electron chi connectivity index (χ1n) is 6.35. The highest BCUT2D eigenvalue weighted by Gasteiger charge is 2.27. The summed E-state index contributed by atoms with van der Waals surface area (Å²) < 4.78 is 4.80. The summed E-state index contributed by atoms with van der Waals surface area (Å²) in [7, 11) is 1.42. The summed E-state index contributed by atoms with van der Waals surface area (Å²) in [6, 6.07) is 5.66. The molecule has 5 nitrogen and oxygen atoms in total. The standard InChI is InChI=1S/C14H17N3O2/c1-10-6-11(8-15)7-13(16-10)17-5-3-4-12(9-17)14(18)19-2/h6-7,12H,3-5,9H2,1-2H3. The van der Waals surface area contributed by atoms with Gasteiger partial charge in [-0.3, -0.25) is 4.79 Å². The summed E-state index contributed by atoms with van der Waals surface area (Å²) in [6.07, 6.45) is 1.78. The zero-order valence-electron chi connectivity index (χ0n) is 11.2. The van der Waals surface area contributed by atoms with Crippen molar-refractivity contribution in [3.63, 3.8) is 0 Å². The summed E-state index contributed by atoms with van der Waals surface area (Å²) in [6.45, 7) is 3.33. The van der Waals surface area contributed by atoms with E-state index < -0.39 is 0 Å². The van der Waals surface area contributed by atoms with Crippen molar-refractivity contribution < 1.29 is 9.53 Å². The van der Waals surface area contributed by atoms with Gasteiger partial charge < -0.3 is 9.64 Å². The van der Waals surface area contributed by atoms with Crippen LogP contribution < -0.4 is 4.90 Å². The maximum atomic E-state index is 11.6. The Bertz CT molecular complexity index is 522. The number of anilines is 1. The normalized spacial score (nSPS) is 18.8. The van der Waals surface area contributed by atoms with E-state index in [0.29, 0.717) is 12.1 Å². The topological polar surface area (TPSA) is 66.2 Å². The van der Waals surface area contributed by atoms with E-state index in [4.69, 9.17) is 10.00 Å². The van der Waals surface area contributed by atoms with E-state index in [9.17, 15) is 4.79 Å². The smallest absolute Gasteiger partial charge is 0.310 e. The summed E-state index contributed by atoms with van der Waals surface area (Å²) in [4.78, 5) is 18.1. The van der Waals surface area contributed by atoms with Crippen LogP contribution in [0.1, 0.15) is 24.1 Å². The lowest BCUT2D eigenvalue weighted by Crippen LogP contribution is -2.39. The van der Waals surface area contributed by atoms with Crippen molar-refractivity contribution in [2.75, 3.05) is 25.1 Å². The average molecular weight is 259 g/mol. The SMILES string of the molecule is COC(=O)C1CCCN(c2cc(C#N)cc(C)n2)C1. The van der Waals surface area contributed by atoms with Crippen molar-refractivity contribution in [1.82, 2.24) is 4.98 Å². The van der Waals surface area contributed by atoms with E-state index >= 15 is 0 Å². The number of esters is 1. The van der Waals surface area contributed by atoms with Gasteiger partial charge >= 0.3 is 5.97 Å². The van der Waals surface area contributed by atoms with Gasteiger partial charge in [-0.05, 0) is 31.9 Å². The number of hydrogen-bond acceptors (Lipinski definition) is 5. The number of aromatic nitrogens is 1. The lowest BCUT2D eigenvalue weighted by molar-refractivity contribution is -0.145. The van der Waals surface area contributed by atoms with Crippen LogP contribution in [0, 0.1) is 24.2 Å². The maximum absolute atomic E-state index is 11.6. The number of nitrogens with zero attached hydrogens (tertiary/aromatic N) is 3. The molecule has 1 fully saturated rings. The fraction of sp³-hybridized carbons (Fsp3) is 0.500. The van der Waals surface area contributed by atoms with Crippen LogP contribution >= 0.6 is 0 Å². The van der Waals surface area contributed by atoms with Gasteiger partial charge in [0.1, 0.15) is 5.82 Å². The Morgan fingerprint density at radius 3 is 3.05 bits per heavy atom. The number of pyridine rings is 1. The fourth-order valence-electron chi connectivity index (χ4n) is 2.42. The van der Waals surface area contributed by atoms with Crippen molar-refractivity contribution in [3.8, 4) is 6.07 Å². The predicted octanol–water partition coefficient (Wildman–Crippen LogP) is 1.65. The molecule has 1 aliphatic rings. The van der Waals surface area contributed by atoms with Crippen LogP contribution in [0.15, 0.2) is 12.1 Å². The molecule has 2 heterocycles. The zero-order chi connectivity index (χ0) is 13.8. The van der Waals surface area contributed by atoms with Crippen LogP contribution in [0.25, 0.3) is 0 Å². The highest BCUT2D eigenvalue weighted by molar-refractivity contribution is 5.73. The molecule has 100 valence electrons. The molecule has 1 aromatic rings. The summed E-state index contributed by atoms with van der Waals surface area (Å²) in [5.41, 5.74) is 1.41. The van der Waals surface area contributed by atoms with Gasteiger partial charge in [0.15, 0.2) is 0 Å². The van der Waals surface area contributed by atoms with Crippen molar-refractivity contribution >= 4 is 11.8 Å². The first-order chi connectivity index (χ1) is 9.13. The molecular weight excluding hydrogens is 242 g/mol. The van der Waals surface area contributed by atoms with E-state index in [1.807, 2.05) is 6.92 Å². The number of methoxy groups -OCH3 is 1. The molecule has 0 N–H and O–H groups in total. The fourth-order valence-corrected chi connectivity index (χ4v) is 2.42. The Hall–Kier alpha value is -2.09. The number of carbonyl (C=O) groups is 1. The van der Waals surface area contributed by atoms with Crippen molar-refractivity contribution in [2.45, 2.75) is 19.8 Å². The molecule has 0 aromatic carbocycles. The van der Waals surface area contributed by atoms with Gasteiger partial charge in [0, 0.05) is 18.8 Å². The highest BCUT2D eigenvalue weighted by atomic mass is 16.5. The highest BCUT2D eigenvalue weighted by Crippen LogP contribution is 2.23. The Morgan fingerprint density at radius 1 is 1.58 bits per heavy atom. The van der Waals surface area contributed by atoms with Crippen LogP contribution in [0.2, 0.25) is 0 Å². The molecule has 2 rings (SSSR count). The number of piperidine rings is 1. The molecule has 19 heavy (non-hydrogen) atoms. The molecule has 0 spiro atoms.